The molecule has 0 spiro atoms. The van der Waals surface area contributed by atoms with E-state index in [-0.39, 0.29) is 55.6 Å². The molecule has 428 valence electrons. The molecule has 0 N–H and O–H groups in total. The molecule has 8 aromatic rings. The van der Waals surface area contributed by atoms with Gasteiger partial charge in [0.05, 0.1) is 16.2 Å². The molecule has 2 saturated carbocycles. The molecule has 0 amide bonds. The van der Waals surface area contributed by atoms with Crippen LogP contribution >= 0.6 is 11.3 Å². The molecule has 84 heavy (non-hydrogen) atoms. The van der Waals surface area contributed by atoms with Crippen LogP contribution in [0.2, 0.25) is 0 Å². The maximum Gasteiger partial charge on any atom is 0.254 e. The van der Waals surface area contributed by atoms with Crippen molar-refractivity contribution in [1.29, 1.82) is 0 Å². The fourth-order valence-corrected chi connectivity index (χ4v) is 20.5. The third kappa shape index (κ3) is 7.06. The lowest BCUT2D eigenvalue weighted by Crippen LogP contribution is -2.61. The zero-order chi connectivity index (χ0) is 58.4. The number of fused-ring (bicyclic) bond motifs is 16. The highest BCUT2D eigenvalue weighted by Gasteiger charge is 2.59. The number of para-hydroxylation sites is 1. The van der Waals surface area contributed by atoms with Crippen LogP contribution in [0.15, 0.2) is 127 Å². The average molecular weight is 1120 g/mol. The van der Waals surface area contributed by atoms with Crippen LogP contribution in [0.5, 0.6) is 0 Å². The van der Waals surface area contributed by atoms with Gasteiger partial charge in [0.25, 0.3) is 6.71 Å². The zero-order valence-corrected chi connectivity index (χ0v) is 54.0. The molecular formula is C79H88BN3S. The van der Waals surface area contributed by atoms with E-state index in [4.69, 9.17) is 0 Å². The van der Waals surface area contributed by atoms with Crippen LogP contribution < -0.4 is 31.1 Å². The van der Waals surface area contributed by atoms with E-state index in [1.54, 1.807) is 11.1 Å². The maximum absolute atomic E-state index is 2.87. The van der Waals surface area contributed by atoms with Gasteiger partial charge >= 0.3 is 0 Å². The molecule has 0 saturated heterocycles. The summed E-state index contributed by atoms with van der Waals surface area (Å²) in [7, 11) is 0. The highest BCUT2D eigenvalue weighted by Crippen LogP contribution is 2.65. The third-order valence-electron chi connectivity index (χ3n) is 24.6. The van der Waals surface area contributed by atoms with Crippen LogP contribution in [0.4, 0.5) is 44.8 Å². The highest BCUT2D eigenvalue weighted by molar-refractivity contribution is 7.26. The van der Waals surface area contributed by atoms with Crippen molar-refractivity contribution in [2.75, 3.05) is 14.7 Å². The molecule has 2 fully saturated rings. The van der Waals surface area contributed by atoms with Gasteiger partial charge in [0.1, 0.15) is 0 Å². The molecular weight excluding hydrogens is 1030 g/mol. The summed E-state index contributed by atoms with van der Waals surface area (Å²) in [5, 5.41) is 2.87. The Balaban J connectivity index is 1.09. The molecule has 0 radical (unpaired) electrons. The number of anilines is 8. The van der Waals surface area contributed by atoms with Crippen LogP contribution in [0.25, 0.3) is 21.2 Å². The Labute approximate surface area is 507 Å². The topological polar surface area (TPSA) is 9.72 Å². The smallest absolute Gasteiger partial charge is 0.254 e. The first-order valence-electron chi connectivity index (χ1n) is 32.5. The Bertz CT molecular complexity index is 4170. The number of hydrogen-bond donors (Lipinski definition) is 0. The molecule has 4 unspecified atom stereocenters. The first kappa shape index (κ1) is 53.4. The molecule has 16 rings (SSSR count). The lowest BCUT2D eigenvalue weighted by Gasteiger charge is -2.51. The molecule has 4 atom stereocenters. The van der Waals surface area contributed by atoms with Gasteiger partial charge in [-0.25, -0.2) is 0 Å². The van der Waals surface area contributed by atoms with Crippen molar-refractivity contribution >= 4 is 89.3 Å². The van der Waals surface area contributed by atoms with E-state index in [0.717, 1.165) is 12.8 Å². The van der Waals surface area contributed by atoms with Gasteiger partial charge < -0.3 is 14.7 Å². The van der Waals surface area contributed by atoms with Crippen LogP contribution in [0.3, 0.4) is 0 Å². The van der Waals surface area contributed by atoms with Crippen molar-refractivity contribution in [3.05, 3.63) is 172 Å². The molecule has 5 heteroatoms. The largest absolute Gasteiger partial charge is 0.334 e. The predicted molar refractivity (Wildman–Crippen MR) is 362 cm³/mol. The first-order chi connectivity index (χ1) is 39.7. The number of nitrogens with zero attached hydrogens (tertiary/aromatic N) is 3. The van der Waals surface area contributed by atoms with E-state index in [1.807, 2.05) is 0 Å². The van der Waals surface area contributed by atoms with Gasteiger partial charge in [-0.05, 0) is 235 Å². The molecule has 2 bridgehead atoms. The Hall–Kier alpha value is -6.04. The molecule has 5 aliphatic carbocycles. The number of rotatable bonds is 4. The Morgan fingerprint density at radius 1 is 0.440 bits per heavy atom. The van der Waals surface area contributed by atoms with E-state index < -0.39 is 0 Å². The normalized spacial score (nSPS) is 26.7. The highest BCUT2D eigenvalue weighted by atomic mass is 32.1. The minimum atomic E-state index is -0.138. The van der Waals surface area contributed by atoms with Crippen molar-refractivity contribution in [3.63, 3.8) is 0 Å². The van der Waals surface area contributed by atoms with Gasteiger partial charge in [-0.2, -0.15) is 0 Å². The van der Waals surface area contributed by atoms with E-state index in [0.29, 0.717) is 0 Å². The van der Waals surface area contributed by atoms with E-state index >= 15 is 0 Å². The minimum Gasteiger partial charge on any atom is -0.334 e. The van der Waals surface area contributed by atoms with E-state index in [1.165, 1.54) is 174 Å². The van der Waals surface area contributed by atoms with Crippen LogP contribution in [0.1, 0.15) is 219 Å². The van der Waals surface area contributed by atoms with E-state index in [2.05, 4.69) is 257 Å². The number of benzene rings is 7. The lowest BCUT2D eigenvalue weighted by atomic mass is 9.33. The van der Waals surface area contributed by atoms with Gasteiger partial charge in [-0.3, -0.25) is 0 Å². The van der Waals surface area contributed by atoms with Crippen molar-refractivity contribution in [1.82, 2.24) is 0 Å². The number of hydrogen-bond acceptors (Lipinski definition) is 4. The van der Waals surface area contributed by atoms with Gasteiger partial charge in [0.15, 0.2) is 0 Å². The second-order valence-electron chi connectivity index (χ2n) is 32.8. The zero-order valence-electron chi connectivity index (χ0n) is 53.2. The van der Waals surface area contributed by atoms with E-state index in [9.17, 15) is 0 Å². The predicted octanol–water partition coefficient (Wildman–Crippen LogP) is 20.1. The molecule has 1 aromatic heterocycles. The molecule has 8 aliphatic rings. The summed E-state index contributed by atoms with van der Waals surface area (Å²) in [6, 6.07) is 52.7. The van der Waals surface area contributed by atoms with Crippen molar-refractivity contribution in [3.8, 4) is 11.1 Å². The molecule has 4 heterocycles. The van der Waals surface area contributed by atoms with Crippen LogP contribution in [0, 0.1) is 0 Å². The van der Waals surface area contributed by atoms with Gasteiger partial charge in [-0.1, -0.05) is 177 Å². The Morgan fingerprint density at radius 3 is 1.74 bits per heavy atom. The van der Waals surface area contributed by atoms with Crippen molar-refractivity contribution in [2.45, 2.75) is 223 Å². The summed E-state index contributed by atoms with van der Waals surface area (Å²) in [5.41, 5.74) is 28.6. The first-order valence-corrected chi connectivity index (χ1v) is 33.3. The second kappa shape index (κ2) is 16.9. The third-order valence-corrected chi connectivity index (χ3v) is 25.8. The summed E-state index contributed by atoms with van der Waals surface area (Å²) in [5.74, 6) is 0. The maximum atomic E-state index is 2.87. The SMILES string of the molecule is CC(C)(C)c1ccc(N2c3cc4c(cc3B3c5c2cc(N2c6ccccc6C6(C)CCCCC26C)cc5N(c2ccc5c(c2)C(C)(C)CCC5(C)C)c2sc5cc6c(cc5c23)C2(C)CCC6(C)C2)C(C)(C)CCC4(C)C)c(-c2ccccc2)c1. The molecule has 3 nitrogen and oxygen atoms in total. The number of thiophene rings is 1. The van der Waals surface area contributed by atoms with Gasteiger partial charge in [0, 0.05) is 49.8 Å². The standard InChI is InChI=1S/C79H88BN3S/c1-71(2,3)49-27-30-62(52(39-49)48-23-17-16-18-24-48)82-64-45-58-57(74(8,9)35-36-75(58,10)11)44-61(64)80-68-53-43-59-60(77(13)38-37-76(59,12)47-77)46-67(53)84-70(68)81(50-28-29-54-56(40-50)73(6,7)34-33-72(54,4)5)65-41-51(42-66(82)69(65)80)83-63-26-20-19-25-55(63)78(14)31-21-22-32-79(78,83)15/h16-20,23-30,39-46H,21-22,31-38,47H2,1-15H3. The van der Waals surface area contributed by atoms with Crippen LogP contribution in [-0.4, -0.2) is 12.3 Å². The summed E-state index contributed by atoms with van der Waals surface area (Å²) >= 11 is 2.09. The minimum absolute atomic E-state index is 0.000297. The second-order valence-corrected chi connectivity index (χ2v) is 33.8. The van der Waals surface area contributed by atoms with Gasteiger partial charge in [-0.15, -0.1) is 11.3 Å². The Morgan fingerprint density at radius 2 is 1.05 bits per heavy atom. The average Bonchev–Trinajstić information content (AvgIpc) is 1.30. The summed E-state index contributed by atoms with van der Waals surface area (Å²) in [6.07, 6.45) is 13.3. The molecule has 3 aliphatic heterocycles. The summed E-state index contributed by atoms with van der Waals surface area (Å²) in [4.78, 5) is 8.53. The van der Waals surface area contributed by atoms with Crippen molar-refractivity contribution < 1.29 is 0 Å². The quantitative estimate of drug-likeness (QED) is 0.163. The van der Waals surface area contributed by atoms with Gasteiger partial charge in [0.2, 0.25) is 0 Å². The lowest BCUT2D eigenvalue weighted by molar-refractivity contribution is 0.195. The monoisotopic (exact) mass is 1120 g/mol. The molecule has 7 aromatic carbocycles. The Kier molecular flexibility index (Phi) is 10.8. The summed E-state index contributed by atoms with van der Waals surface area (Å²) in [6.45, 7) is 37.7. The fourth-order valence-electron chi connectivity index (χ4n) is 19.2. The summed E-state index contributed by atoms with van der Waals surface area (Å²) < 4.78 is 1.45. The van der Waals surface area contributed by atoms with Crippen LogP contribution in [-0.2, 0) is 43.3 Å². The van der Waals surface area contributed by atoms with Crippen molar-refractivity contribution in [2.24, 2.45) is 0 Å². The fraction of sp³-hybridized carbons (Fsp3) is 0.443.